The Morgan fingerprint density at radius 3 is 2.75 bits per heavy atom. The predicted molar refractivity (Wildman–Crippen MR) is 73.4 cm³/mol. The Kier molecular flexibility index (Phi) is 4.14. The van der Waals surface area contributed by atoms with Crippen LogP contribution in [0.2, 0.25) is 0 Å². The Bertz CT molecular complexity index is 632. The van der Waals surface area contributed by atoms with E-state index in [0.29, 0.717) is 5.75 Å². The van der Waals surface area contributed by atoms with Crippen LogP contribution >= 0.6 is 0 Å². The van der Waals surface area contributed by atoms with E-state index in [2.05, 4.69) is 5.32 Å². The zero-order valence-corrected chi connectivity index (χ0v) is 10.8. The first-order valence-corrected chi connectivity index (χ1v) is 5.91. The summed E-state index contributed by atoms with van der Waals surface area (Å²) in [5, 5.41) is 13.6. The van der Waals surface area contributed by atoms with Crippen LogP contribution in [0, 0.1) is 15.9 Å². The molecule has 0 aliphatic heterocycles. The van der Waals surface area contributed by atoms with Crippen molar-refractivity contribution in [2.24, 2.45) is 0 Å². The molecule has 0 aliphatic rings. The quantitative estimate of drug-likeness (QED) is 0.671. The van der Waals surface area contributed by atoms with E-state index in [9.17, 15) is 14.5 Å². The van der Waals surface area contributed by atoms with Gasteiger partial charge in [-0.15, -0.1) is 0 Å². The molecule has 0 unspecified atom stereocenters. The number of rotatable bonds is 5. The zero-order valence-electron chi connectivity index (χ0n) is 10.8. The molecule has 0 amide bonds. The Hall–Kier alpha value is -2.63. The summed E-state index contributed by atoms with van der Waals surface area (Å²) in [6, 6.07) is 10.9. The van der Waals surface area contributed by atoms with Gasteiger partial charge in [0.1, 0.15) is 11.4 Å². The third-order valence-electron chi connectivity index (χ3n) is 2.79. The second-order valence-electron chi connectivity index (χ2n) is 4.10. The topological polar surface area (TPSA) is 64.4 Å². The molecule has 104 valence electrons. The molecule has 5 nitrogen and oxygen atoms in total. The highest BCUT2D eigenvalue weighted by molar-refractivity contribution is 5.62. The van der Waals surface area contributed by atoms with Gasteiger partial charge in [-0.25, -0.2) is 4.39 Å². The molecular weight excluding hydrogens is 263 g/mol. The Morgan fingerprint density at radius 2 is 2.05 bits per heavy atom. The third kappa shape index (κ3) is 3.03. The fraction of sp³-hybridized carbons (Fsp3) is 0.143. The maximum absolute atomic E-state index is 13.7. The van der Waals surface area contributed by atoms with Crippen molar-refractivity contribution in [1.29, 1.82) is 0 Å². The van der Waals surface area contributed by atoms with E-state index < -0.39 is 10.7 Å². The van der Waals surface area contributed by atoms with Gasteiger partial charge in [-0.1, -0.05) is 18.2 Å². The molecule has 2 aromatic rings. The Morgan fingerprint density at radius 1 is 1.30 bits per heavy atom. The van der Waals surface area contributed by atoms with Gasteiger partial charge in [0.2, 0.25) is 0 Å². The standard InChI is InChI=1S/C14H13FN2O3/c1-20-11-5-2-4-10(8-11)9-16-14-12(15)6-3-7-13(14)17(18)19/h2-8,16H,9H2,1H3. The number of hydrogen-bond donors (Lipinski definition) is 1. The van der Waals surface area contributed by atoms with Crippen LogP contribution in [-0.4, -0.2) is 12.0 Å². The molecule has 0 fully saturated rings. The highest BCUT2D eigenvalue weighted by Crippen LogP contribution is 2.27. The molecular formula is C14H13FN2O3. The van der Waals surface area contributed by atoms with Crippen LogP contribution in [0.4, 0.5) is 15.8 Å². The van der Waals surface area contributed by atoms with Crippen LogP contribution in [-0.2, 0) is 6.54 Å². The van der Waals surface area contributed by atoms with Crippen LogP contribution < -0.4 is 10.1 Å². The Labute approximate surface area is 115 Å². The summed E-state index contributed by atoms with van der Waals surface area (Å²) in [4.78, 5) is 10.3. The molecule has 0 bridgehead atoms. The maximum Gasteiger partial charge on any atom is 0.295 e. The van der Waals surface area contributed by atoms with E-state index in [4.69, 9.17) is 4.74 Å². The minimum Gasteiger partial charge on any atom is -0.497 e. The summed E-state index contributed by atoms with van der Waals surface area (Å²) in [6.07, 6.45) is 0. The highest BCUT2D eigenvalue weighted by atomic mass is 19.1. The van der Waals surface area contributed by atoms with E-state index in [1.807, 2.05) is 6.07 Å². The average Bonchev–Trinajstić information content (AvgIpc) is 2.45. The lowest BCUT2D eigenvalue weighted by Gasteiger charge is -2.09. The van der Waals surface area contributed by atoms with E-state index in [0.717, 1.165) is 5.56 Å². The minimum absolute atomic E-state index is 0.111. The lowest BCUT2D eigenvalue weighted by molar-refractivity contribution is -0.384. The largest absolute Gasteiger partial charge is 0.497 e. The zero-order chi connectivity index (χ0) is 14.5. The van der Waals surface area contributed by atoms with Gasteiger partial charge in [0.15, 0.2) is 5.82 Å². The van der Waals surface area contributed by atoms with Crippen LogP contribution in [0.5, 0.6) is 5.75 Å². The minimum atomic E-state index is -0.651. The van der Waals surface area contributed by atoms with Crippen LogP contribution in [0.15, 0.2) is 42.5 Å². The van der Waals surface area contributed by atoms with Gasteiger partial charge < -0.3 is 10.1 Å². The van der Waals surface area contributed by atoms with E-state index in [-0.39, 0.29) is 17.9 Å². The summed E-state index contributed by atoms with van der Waals surface area (Å²) < 4.78 is 18.7. The lowest BCUT2D eigenvalue weighted by Crippen LogP contribution is -2.05. The fourth-order valence-corrected chi connectivity index (χ4v) is 1.81. The molecule has 2 aromatic carbocycles. The monoisotopic (exact) mass is 276 g/mol. The summed E-state index contributed by atoms with van der Waals surface area (Å²) in [7, 11) is 1.55. The van der Waals surface area contributed by atoms with Gasteiger partial charge in [-0.3, -0.25) is 10.1 Å². The van der Waals surface area contributed by atoms with Gasteiger partial charge in [0.05, 0.1) is 12.0 Å². The Balaban J connectivity index is 2.20. The summed E-state index contributed by atoms with van der Waals surface area (Å²) in [6.45, 7) is 0.263. The molecule has 0 saturated carbocycles. The van der Waals surface area contributed by atoms with E-state index >= 15 is 0 Å². The molecule has 6 heteroatoms. The van der Waals surface area contributed by atoms with Crippen molar-refractivity contribution in [3.63, 3.8) is 0 Å². The molecule has 0 spiro atoms. The van der Waals surface area contributed by atoms with Crippen LogP contribution in [0.25, 0.3) is 0 Å². The van der Waals surface area contributed by atoms with Crippen LogP contribution in [0.1, 0.15) is 5.56 Å². The molecule has 0 heterocycles. The number of methoxy groups -OCH3 is 1. The lowest BCUT2D eigenvalue weighted by atomic mass is 10.2. The van der Waals surface area contributed by atoms with Crippen molar-refractivity contribution < 1.29 is 14.1 Å². The van der Waals surface area contributed by atoms with E-state index in [1.165, 1.54) is 18.2 Å². The number of halogens is 1. The fourth-order valence-electron chi connectivity index (χ4n) is 1.81. The maximum atomic E-state index is 13.7. The van der Waals surface area contributed by atoms with Crippen molar-refractivity contribution in [2.75, 3.05) is 12.4 Å². The second-order valence-corrected chi connectivity index (χ2v) is 4.10. The number of para-hydroxylation sites is 1. The van der Waals surface area contributed by atoms with Gasteiger partial charge in [0, 0.05) is 12.6 Å². The number of hydrogen-bond acceptors (Lipinski definition) is 4. The molecule has 2 rings (SSSR count). The summed E-state index contributed by atoms with van der Waals surface area (Å²) in [5.74, 6) is 0.0226. The van der Waals surface area contributed by atoms with Crippen molar-refractivity contribution in [1.82, 2.24) is 0 Å². The van der Waals surface area contributed by atoms with E-state index in [1.54, 1.807) is 25.3 Å². The van der Waals surface area contributed by atoms with Crippen molar-refractivity contribution in [3.05, 3.63) is 64.0 Å². The normalized spacial score (nSPS) is 10.1. The summed E-state index contributed by atoms with van der Waals surface area (Å²) in [5.41, 5.74) is 0.440. The first-order valence-electron chi connectivity index (χ1n) is 5.91. The van der Waals surface area contributed by atoms with Crippen molar-refractivity contribution in [2.45, 2.75) is 6.54 Å². The number of benzene rings is 2. The van der Waals surface area contributed by atoms with Gasteiger partial charge in [-0.05, 0) is 23.8 Å². The van der Waals surface area contributed by atoms with Gasteiger partial charge in [0.25, 0.3) is 5.69 Å². The number of nitro benzene ring substituents is 1. The number of nitrogens with one attached hydrogen (secondary N) is 1. The number of ether oxygens (including phenoxy) is 1. The first kappa shape index (κ1) is 13.8. The SMILES string of the molecule is COc1cccc(CNc2c(F)cccc2[N+](=O)[O-])c1. The highest BCUT2D eigenvalue weighted by Gasteiger charge is 2.17. The summed E-state index contributed by atoms with van der Waals surface area (Å²) >= 11 is 0. The number of nitro groups is 1. The molecule has 20 heavy (non-hydrogen) atoms. The number of anilines is 1. The van der Waals surface area contributed by atoms with Gasteiger partial charge >= 0.3 is 0 Å². The molecule has 1 N–H and O–H groups in total. The molecule has 0 aromatic heterocycles. The molecule has 0 aliphatic carbocycles. The predicted octanol–water partition coefficient (Wildman–Crippen LogP) is 3.35. The molecule has 0 atom stereocenters. The number of nitrogens with zero attached hydrogens (tertiary/aromatic N) is 1. The van der Waals surface area contributed by atoms with Crippen LogP contribution in [0.3, 0.4) is 0 Å². The first-order chi connectivity index (χ1) is 9.61. The average molecular weight is 276 g/mol. The molecule has 0 radical (unpaired) electrons. The smallest absolute Gasteiger partial charge is 0.295 e. The van der Waals surface area contributed by atoms with Crippen molar-refractivity contribution in [3.8, 4) is 5.75 Å². The third-order valence-corrected chi connectivity index (χ3v) is 2.79. The van der Waals surface area contributed by atoms with Crippen molar-refractivity contribution >= 4 is 11.4 Å². The molecule has 0 saturated heterocycles. The van der Waals surface area contributed by atoms with Gasteiger partial charge in [-0.2, -0.15) is 0 Å². The second kappa shape index (κ2) is 6.01.